The Morgan fingerprint density at radius 2 is 1.82 bits per heavy atom. The number of benzene rings is 2. The fraction of sp³-hybridized carbons (Fsp3) is 0.516. The molecule has 1 aliphatic heterocycles. The molecule has 2 heterocycles. The first-order chi connectivity index (χ1) is 19.3. The highest BCUT2D eigenvalue weighted by Gasteiger charge is 2.43. The second-order valence-corrected chi connectivity index (χ2v) is 11.3. The monoisotopic (exact) mass is 569 g/mol. The summed E-state index contributed by atoms with van der Waals surface area (Å²) in [6.45, 7) is 10.3. The van der Waals surface area contributed by atoms with Gasteiger partial charge in [0, 0.05) is 29.8 Å². The average Bonchev–Trinajstić information content (AvgIpc) is 3.44. The molecule has 1 saturated heterocycles. The number of methoxy groups -OCH3 is 1. The Hall–Kier alpha value is -2.78. The number of rotatable bonds is 13. The molecule has 4 rings (SSSR count). The van der Waals surface area contributed by atoms with E-state index in [-0.39, 0.29) is 5.97 Å². The van der Waals surface area contributed by atoms with Gasteiger partial charge in [-0.05, 0) is 68.5 Å². The van der Waals surface area contributed by atoms with Crippen molar-refractivity contribution in [2.75, 3.05) is 46.6 Å². The van der Waals surface area contributed by atoms with E-state index in [1.807, 2.05) is 37.3 Å². The minimum absolute atomic E-state index is 0.162. The number of piperidine rings is 1. The Morgan fingerprint density at radius 3 is 2.48 bits per heavy atom. The predicted octanol–water partition coefficient (Wildman–Crippen LogP) is 6.06. The van der Waals surface area contributed by atoms with E-state index in [0.29, 0.717) is 61.9 Å². The minimum Gasteiger partial charge on any atom is -0.465 e. The van der Waals surface area contributed by atoms with Gasteiger partial charge < -0.3 is 18.7 Å². The number of esters is 1. The standard InChI is InChI=1S/C31H40ClN3O5/c1-5-39-30(36)31(21-38-17-16-37-4)12-14-35(15-13-31)20-23-6-8-24(9-7-23)28-33-29(40-34-28)26-11-10-25(18-22(2)3)27(32)19-26/h6-11,19,22H,5,12-18,20-21H2,1-4H3. The van der Waals surface area contributed by atoms with E-state index in [1.54, 1.807) is 7.11 Å². The van der Waals surface area contributed by atoms with Crippen LogP contribution in [-0.2, 0) is 32.0 Å². The SMILES string of the molecule is CCOC(=O)C1(COCCOC)CCN(Cc2ccc(-c3noc(-c4ccc(CC(C)C)c(Cl)c4)n3)cc2)CC1. The number of carbonyl (C=O) groups excluding carboxylic acids is 1. The first-order valence-electron chi connectivity index (χ1n) is 14.0. The topological polar surface area (TPSA) is 86.9 Å². The van der Waals surface area contributed by atoms with Crippen LogP contribution in [0.2, 0.25) is 5.02 Å². The third-order valence-corrected chi connectivity index (χ3v) is 7.66. The molecule has 2 aromatic carbocycles. The van der Waals surface area contributed by atoms with Gasteiger partial charge >= 0.3 is 5.97 Å². The molecule has 1 aliphatic rings. The Bertz CT molecular complexity index is 1240. The fourth-order valence-corrected chi connectivity index (χ4v) is 5.26. The Balaban J connectivity index is 1.35. The van der Waals surface area contributed by atoms with Crippen LogP contribution in [0.15, 0.2) is 47.0 Å². The molecule has 40 heavy (non-hydrogen) atoms. The van der Waals surface area contributed by atoms with Gasteiger partial charge in [-0.1, -0.05) is 60.9 Å². The summed E-state index contributed by atoms with van der Waals surface area (Å²) in [6.07, 6.45) is 2.32. The number of hydrogen-bond acceptors (Lipinski definition) is 8. The van der Waals surface area contributed by atoms with E-state index in [9.17, 15) is 4.79 Å². The van der Waals surface area contributed by atoms with E-state index >= 15 is 0 Å². The number of carbonyl (C=O) groups is 1. The number of likely N-dealkylation sites (tertiary alicyclic amines) is 1. The highest BCUT2D eigenvalue weighted by atomic mass is 35.5. The molecule has 0 atom stereocenters. The van der Waals surface area contributed by atoms with Crippen molar-refractivity contribution in [3.05, 3.63) is 58.6 Å². The van der Waals surface area contributed by atoms with E-state index in [2.05, 4.69) is 41.0 Å². The number of nitrogens with zero attached hydrogens (tertiary/aromatic N) is 3. The highest BCUT2D eigenvalue weighted by molar-refractivity contribution is 6.31. The smallest absolute Gasteiger partial charge is 0.314 e. The van der Waals surface area contributed by atoms with Gasteiger partial charge in [-0.25, -0.2) is 0 Å². The highest BCUT2D eigenvalue weighted by Crippen LogP contribution is 2.34. The molecule has 0 amide bonds. The lowest BCUT2D eigenvalue weighted by atomic mass is 9.79. The van der Waals surface area contributed by atoms with Crippen molar-refractivity contribution >= 4 is 17.6 Å². The third-order valence-electron chi connectivity index (χ3n) is 7.30. The largest absolute Gasteiger partial charge is 0.465 e. The van der Waals surface area contributed by atoms with Gasteiger partial charge in [0.2, 0.25) is 5.82 Å². The first-order valence-corrected chi connectivity index (χ1v) is 14.4. The maximum absolute atomic E-state index is 12.8. The lowest BCUT2D eigenvalue weighted by molar-refractivity contribution is -0.164. The third kappa shape index (κ3) is 7.69. The number of halogens is 1. The normalized spacial score (nSPS) is 15.4. The Morgan fingerprint density at radius 1 is 1.10 bits per heavy atom. The van der Waals surface area contributed by atoms with Gasteiger partial charge in [0.05, 0.1) is 31.8 Å². The maximum Gasteiger partial charge on any atom is 0.314 e. The average molecular weight is 570 g/mol. The summed E-state index contributed by atoms with van der Waals surface area (Å²) in [7, 11) is 1.64. The van der Waals surface area contributed by atoms with Crippen molar-refractivity contribution in [3.8, 4) is 22.8 Å². The molecule has 1 aromatic heterocycles. The zero-order chi connectivity index (χ0) is 28.5. The van der Waals surface area contributed by atoms with Crippen molar-refractivity contribution in [2.24, 2.45) is 11.3 Å². The van der Waals surface area contributed by atoms with E-state index in [4.69, 9.17) is 30.3 Å². The van der Waals surface area contributed by atoms with Crippen LogP contribution in [0.5, 0.6) is 0 Å². The number of hydrogen-bond donors (Lipinski definition) is 0. The molecule has 8 nitrogen and oxygen atoms in total. The van der Waals surface area contributed by atoms with Crippen LogP contribution in [0.4, 0.5) is 0 Å². The molecule has 1 fully saturated rings. The summed E-state index contributed by atoms with van der Waals surface area (Å²) in [5.74, 6) is 1.35. The zero-order valence-electron chi connectivity index (χ0n) is 24.0. The lowest BCUT2D eigenvalue weighted by Crippen LogP contribution is -2.47. The maximum atomic E-state index is 12.8. The quantitative estimate of drug-likeness (QED) is 0.181. The van der Waals surface area contributed by atoms with Crippen LogP contribution >= 0.6 is 11.6 Å². The molecule has 0 N–H and O–H groups in total. The van der Waals surface area contributed by atoms with Gasteiger partial charge in [-0.2, -0.15) is 4.98 Å². The molecular weight excluding hydrogens is 530 g/mol. The Kier molecular flexibility index (Phi) is 10.7. The van der Waals surface area contributed by atoms with Gasteiger partial charge in [-0.15, -0.1) is 0 Å². The second-order valence-electron chi connectivity index (χ2n) is 10.8. The molecule has 0 radical (unpaired) electrons. The molecule has 216 valence electrons. The predicted molar refractivity (Wildman–Crippen MR) is 155 cm³/mol. The summed E-state index contributed by atoms with van der Waals surface area (Å²) in [5, 5.41) is 4.90. The molecule has 9 heteroatoms. The summed E-state index contributed by atoms with van der Waals surface area (Å²) >= 11 is 6.50. The van der Waals surface area contributed by atoms with Crippen LogP contribution in [0.25, 0.3) is 22.8 Å². The van der Waals surface area contributed by atoms with Crippen LogP contribution in [0, 0.1) is 11.3 Å². The molecule has 0 aliphatic carbocycles. The molecule has 0 saturated carbocycles. The van der Waals surface area contributed by atoms with Gasteiger partial charge in [0.1, 0.15) is 0 Å². The van der Waals surface area contributed by atoms with Crippen LogP contribution in [0.3, 0.4) is 0 Å². The van der Waals surface area contributed by atoms with Crippen molar-refractivity contribution < 1.29 is 23.5 Å². The van der Waals surface area contributed by atoms with Crippen LogP contribution in [-0.4, -0.2) is 67.6 Å². The van der Waals surface area contributed by atoms with Gasteiger partial charge in [0.25, 0.3) is 5.89 Å². The number of ether oxygens (including phenoxy) is 3. The zero-order valence-corrected chi connectivity index (χ0v) is 24.7. The van der Waals surface area contributed by atoms with E-state index < -0.39 is 5.41 Å². The Labute approximate surface area is 241 Å². The summed E-state index contributed by atoms with van der Waals surface area (Å²) < 4.78 is 21.8. The molecular formula is C31H40ClN3O5. The molecule has 0 bridgehead atoms. The van der Waals surface area contributed by atoms with Gasteiger partial charge in [0.15, 0.2) is 0 Å². The molecule has 0 unspecified atom stereocenters. The summed E-state index contributed by atoms with van der Waals surface area (Å²) in [6, 6.07) is 14.1. The van der Waals surface area contributed by atoms with Crippen LogP contribution < -0.4 is 0 Å². The van der Waals surface area contributed by atoms with Crippen molar-refractivity contribution in [1.29, 1.82) is 0 Å². The second kappa shape index (κ2) is 14.2. The molecule has 3 aromatic rings. The summed E-state index contributed by atoms with van der Waals surface area (Å²) in [5.41, 5.74) is 3.39. The minimum atomic E-state index is -0.598. The first kappa shape index (κ1) is 30.2. The van der Waals surface area contributed by atoms with Crippen molar-refractivity contribution in [2.45, 2.75) is 46.6 Å². The molecule has 0 spiro atoms. The van der Waals surface area contributed by atoms with Crippen molar-refractivity contribution in [3.63, 3.8) is 0 Å². The van der Waals surface area contributed by atoms with E-state index in [1.165, 1.54) is 5.56 Å². The fourth-order valence-electron chi connectivity index (χ4n) is 5.00. The van der Waals surface area contributed by atoms with Crippen LogP contribution in [0.1, 0.15) is 44.7 Å². The van der Waals surface area contributed by atoms with E-state index in [0.717, 1.165) is 42.7 Å². The lowest BCUT2D eigenvalue weighted by Gasteiger charge is -2.39. The van der Waals surface area contributed by atoms with Gasteiger partial charge in [-0.3, -0.25) is 9.69 Å². The van der Waals surface area contributed by atoms with Crippen molar-refractivity contribution in [1.82, 2.24) is 15.0 Å². The number of aromatic nitrogens is 2. The summed E-state index contributed by atoms with van der Waals surface area (Å²) in [4.78, 5) is 19.8.